The first-order valence-corrected chi connectivity index (χ1v) is 10.4. The van der Waals surface area contributed by atoms with E-state index in [1.165, 1.54) is 6.07 Å². The number of halogens is 1. The Bertz CT molecular complexity index is 1100. The maximum Gasteiger partial charge on any atom is 0.258 e. The van der Waals surface area contributed by atoms with Gasteiger partial charge in [-0.25, -0.2) is 4.39 Å². The number of carbonyl (C=O) groups excluding carboxylic acids is 2. The molecule has 2 amide bonds. The van der Waals surface area contributed by atoms with Crippen LogP contribution in [0.15, 0.2) is 72.8 Å². The summed E-state index contributed by atoms with van der Waals surface area (Å²) in [4.78, 5) is 24.1. The Morgan fingerprint density at radius 3 is 2.59 bits per heavy atom. The average Bonchev–Trinajstić information content (AvgIpc) is 2.82. The van der Waals surface area contributed by atoms with Crippen molar-refractivity contribution in [3.63, 3.8) is 0 Å². The number of hydrogen-bond acceptors (Lipinski definition) is 4. The van der Waals surface area contributed by atoms with Crippen molar-refractivity contribution in [3.8, 4) is 11.5 Å². The zero-order chi connectivity index (χ0) is 22.3. The summed E-state index contributed by atoms with van der Waals surface area (Å²) in [5.41, 5.74) is 2.58. The Morgan fingerprint density at radius 2 is 1.78 bits per heavy atom. The number of para-hydroxylation sites is 1. The molecule has 0 radical (unpaired) electrons. The zero-order valence-corrected chi connectivity index (χ0v) is 17.3. The van der Waals surface area contributed by atoms with Crippen LogP contribution >= 0.6 is 0 Å². The van der Waals surface area contributed by atoms with Gasteiger partial charge in [-0.2, -0.15) is 0 Å². The lowest BCUT2D eigenvalue weighted by atomic mass is 10.0. The van der Waals surface area contributed by atoms with Gasteiger partial charge in [-0.15, -0.1) is 0 Å². The van der Waals surface area contributed by atoms with E-state index in [9.17, 15) is 14.0 Å². The van der Waals surface area contributed by atoms with Crippen molar-refractivity contribution in [2.45, 2.75) is 18.9 Å². The Balaban J connectivity index is 1.38. The number of carbonyl (C=O) groups is 2. The van der Waals surface area contributed by atoms with E-state index in [2.05, 4.69) is 10.6 Å². The van der Waals surface area contributed by atoms with Crippen LogP contribution in [-0.4, -0.2) is 25.0 Å². The maximum absolute atomic E-state index is 13.9. The van der Waals surface area contributed by atoms with Crippen molar-refractivity contribution < 1.29 is 23.5 Å². The van der Waals surface area contributed by atoms with E-state index in [1.807, 2.05) is 36.4 Å². The summed E-state index contributed by atoms with van der Waals surface area (Å²) in [6, 6.07) is 20.3. The van der Waals surface area contributed by atoms with E-state index < -0.39 is 11.9 Å². The van der Waals surface area contributed by atoms with Crippen LogP contribution in [0.2, 0.25) is 0 Å². The Hall–Kier alpha value is -3.87. The summed E-state index contributed by atoms with van der Waals surface area (Å²) in [6.07, 6.45) is 1.06. The molecular formula is C25H23FN2O4. The highest BCUT2D eigenvalue weighted by Crippen LogP contribution is 2.27. The molecule has 0 unspecified atom stereocenters. The second-order valence-electron chi connectivity index (χ2n) is 7.43. The van der Waals surface area contributed by atoms with Crippen molar-refractivity contribution in [1.82, 2.24) is 5.32 Å². The molecule has 0 bridgehead atoms. The van der Waals surface area contributed by atoms with Crippen molar-refractivity contribution in [2.24, 2.45) is 0 Å². The highest BCUT2D eigenvalue weighted by Gasteiger charge is 2.18. The van der Waals surface area contributed by atoms with Crippen molar-refractivity contribution >= 4 is 17.5 Å². The van der Waals surface area contributed by atoms with E-state index in [-0.39, 0.29) is 30.8 Å². The number of fused-ring (bicyclic) bond motifs is 1. The Labute approximate surface area is 185 Å². The number of ether oxygens (including phenoxy) is 2. The van der Waals surface area contributed by atoms with Crippen LogP contribution in [0.4, 0.5) is 10.1 Å². The minimum atomic E-state index is -0.481. The molecule has 0 fully saturated rings. The fourth-order valence-electron chi connectivity index (χ4n) is 3.48. The lowest BCUT2D eigenvalue weighted by molar-refractivity contribution is -0.124. The van der Waals surface area contributed by atoms with Gasteiger partial charge in [0.05, 0.1) is 6.04 Å². The summed E-state index contributed by atoms with van der Waals surface area (Å²) in [6.45, 7) is -0.122. The number of benzene rings is 3. The predicted molar refractivity (Wildman–Crippen MR) is 118 cm³/mol. The summed E-state index contributed by atoms with van der Waals surface area (Å²) >= 11 is 0. The maximum atomic E-state index is 13.9. The van der Waals surface area contributed by atoms with Crippen LogP contribution in [0.3, 0.4) is 0 Å². The standard InChI is InChI=1S/C25H23FN2O4/c26-20-8-4-5-9-23(20)32-15-22(17-6-2-1-3-7-17)28-25(30)16-31-19-11-12-21-18(14-19)10-13-24(29)27-21/h1-9,11-12,14,22H,10,13,15-16H2,(H,27,29)(H,28,30)/t22-/m0/s1. The first kappa shape index (κ1) is 21.4. The lowest BCUT2D eigenvalue weighted by Gasteiger charge is -2.21. The van der Waals surface area contributed by atoms with Gasteiger partial charge in [0.1, 0.15) is 12.4 Å². The molecule has 3 aromatic rings. The third kappa shape index (κ3) is 5.43. The van der Waals surface area contributed by atoms with Crippen LogP contribution < -0.4 is 20.1 Å². The second kappa shape index (κ2) is 9.96. The molecular weight excluding hydrogens is 411 g/mol. The normalized spacial score (nSPS) is 13.5. The Morgan fingerprint density at radius 1 is 1.00 bits per heavy atom. The van der Waals surface area contributed by atoms with Crippen LogP contribution in [0.1, 0.15) is 23.6 Å². The Kier molecular flexibility index (Phi) is 6.65. The van der Waals surface area contributed by atoms with Gasteiger partial charge in [0.15, 0.2) is 18.2 Å². The molecule has 0 aromatic heterocycles. The lowest BCUT2D eigenvalue weighted by Crippen LogP contribution is -2.35. The first-order valence-electron chi connectivity index (χ1n) is 10.4. The quantitative estimate of drug-likeness (QED) is 0.561. The molecule has 2 N–H and O–H groups in total. The van der Waals surface area contributed by atoms with Gasteiger partial charge >= 0.3 is 0 Å². The summed E-state index contributed by atoms with van der Waals surface area (Å²) in [5, 5.41) is 5.71. The van der Waals surface area contributed by atoms with Gasteiger partial charge in [-0.05, 0) is 47.9 Å². The number of rotatable bonds is 8. The molecule has 4 rings (SSSR count). The fraction of sp³-hybridized carbons (Fsp3) is 0.200. The van der Waals surface area contributed by atoms with Gasteiger partial charge < -0.3 is 20.1 Å². The van der Waals surface area contributed by atoms with E-state index in [0.717, 1.165) is 16.8 Å². The smallest absolute Gasteiger partial charge is 0.258 e. The SMILES string of the molecule is O=C1CCc2cc(OCC(=O)N[C@@H](COc3ccccc3F)c3ccccc3)ccc2N1. The van der Waals surface area contributed by atoms with Crippen LogP contribution in [0.5, 0.6) is 11.5 Å². The molecule has 1 heterocycles. The predicted octanol–water partition coefficient (Wildman–Crippen LogP) is 4.03. The largest absolute Gasteiger partial charge is 0.488 e. The molecule has 6 nitrogen and oxygen atoms in total. The summed E-state index contributed by atoms with van der Waals surface area (Å²) in [7, 11) is 0. The van der Waals surface area contributed by atoms with Gasteiger partial charge in [0, 0.05) is 12.1 Å². The molecule has 1 atom stereocenters. The molecule has 32 heavy (non-hydrogen) atoms. The second-order valence-corrected chi connectivity index (χ2v) is 7.43. The van der Waals surface area contributed by atoms with Gasteiger partial charge in [0.25, 0.3) is 5.91 Å². The highest BCUT2D eigenvalue weighted by atomic mass is 19.1. The topological polar surface area (TPSA) is 76.7 Å². The molecule has 1 aliphatic rings. The third-order valence-electron chi connectivity index (χ3n) is 5.12. The molecule has 0 spiro atoms. The van der Waals surface area contributed by atoms with Crippen molar-refractivity contribution in [2.75, 3.05) is 18.5 Å². The monoisotopic (exact) mass is 434 g/mol. The molecule has 0 aliphatic carbocycles. The highest BCUT2D eigenvalue weighted by molar-refractivity contribution is 5.94. The van der Waals surface area contributed by atoms with Crippen LogP contribution in [0.25, 0.3) is 0 Å². The van der Waals surface area contributed by atoms with Crippen LogP contribution in [0, 0.1) is 5.82 Å². The summed E-state index contributed by atoms with van der Waals surface area (Å²) in [5.74, 6) is -0.122. The molecule has 1 aliphatic heterocycles. The minimum absolute atomic E-state index is 0.00453. The van der Waals surface area contributed by atoms with Gasteiger partial charge in [-0.3, -0.25) is 9.59 Å². The molecule has 3 aromatic carbocycles. The summed E-state index contributed by atoms with van der Waals surface area (Å²) < 4.78 is 25.2. The van der Waals surface area contributed by atoms with Crippen molar-refractivity contribution in [1.29, 1.82) is 0 Å². The first-order chi connectivity index (χ1) is 15.6. The molecule has 0 saturated carbocycles. The number of aryl methyl sites for hydroxylation is 1. The number of amides is 2. The number of nitrogens with one attached hydrogen (secondary N) is 2. The zero-order valence-electron chi connectivity index (χ0n) is 17.3. The third-order valence-corrected chi connectivity index (χ3v) is 5.12. The van der Waals surface area contributed by atoms with E-state index in [0.29, 0.717) is 18.6 Å². The molecule has 164 valence electrons. The number of anilines is 1. The fourth-order valence-corrected chi connectivity index (χ4v) is 3.48. The van der Waals surface area contributed by atoms with Gasteiger partial charge in [0.2, 0.25) is 5.91 Å². The number of hydrogen-bond donors (Lipinski definition) is 2. The van der Waals surface area contributed by atoms with E-state index in [4.69, 9.17) is 9.47 Å². The average molecular weight is 434 g/mol. The van der Waals surface area contributed by atoms with Crippen molar-refractivity contribution in [3.05, 3.63) is 89.7 Å². The van der Waals surface area contributed by atoms with E-state index >= 15 is 0 Å². The minimum Gasteiger partial charge on any atom is -0.488 e. The van der Waals surface area contributed by atoms with Crippen LogP contribution in [-0.2, 0) is 16.0 Å². The van der Waals surface area contributed by atoms with Gasteiger partial charge in [-0.1, -0.05) is 42.5 Å². The van der Waals surface area contributed by atoms with E-state index in [1.54, 1.807) is 30.3 Å². The molecule has 0 saturated heterocycles. The molecule has 7 heteroatoms.